The molecule has 0 saturated carbocycles. The number of hydrogen-bond donors (Lipinski definition) is 1. The fourth-order valence-electron chi connectivity index (χ4n) is 2.54. The predicted molar refractivity (Wildman–Crippen MR) is 97.1 cm³/mol. The van der Waals surface area contributed by atoms with Crippen molar-refractivity contribution in [1.82, 2.24) is 5.32 Å². The third-order valence-electron chi connectivity index (χ3n) is 3.94. The lowest BCUT2D eigenvalue weighted by Crippen LogP contribution is -2.32. The lowest BCUT2D eigenvalue weighted by molar-refractivity contribution is 0.0908. The van der Waals surface area contributed by atoms with Crippen LogP contribution in [-0.4, -0.2) is 20.4 Å². The van der Waals surface area contributed by atoms with Gasteiger partial charge in [-0.3, -0.25) is 4.79 Å². The summed E-state index contributed by atoms with van der Waals surface area (Å²) in [6.07, 6.45) is 4.26. The number of nitrogens with one attached hydrogen (secondary N) is 1. The summed E-state index contributed by atoms with van der Waals surface area (Å²) in [5.74, 6) is -0.184. The molecular formula is C19H25NO4S. The second-order valence-electron chi connectivity index (χ2n) is 6.21. The van der Waals surface area contributed by atoms with E-state index in [1.165, 1.54) is 12.1 Å². The molecule has 136 valence electrons. The molecule has 1 unspecified atom stereocenters. The second kappa shape index (κ2) is 8.85. The van der Waals surface area contributed by atoms with Crippen molar-refractivity contribution in [3.8, 4) is 0 Å². The van der Waals surface area contributed by atoms with Crippen LogP contribution in [0.4, 0.5) is 0 Å². The van der Waals surface area contributed by atoms with Crippen LogP contribution in [-0.2, 0) is 15.6 Å². The van der Waals surface area contributed by atoms with Gasteiger partial charge >= 0.3 is 0 Å². The molecule has 1 N–H and O–H groups in total. The Kier molecular flexibility index (Phi) is 6.82. The molecule has 1 amide bonds. The average Bonchev–Trinajstić information content (AvgIpc) is 3.04. The van der Waals surface area contributed by atoms with E-state index in [1.54, 1.807) is 30.3 Å². The Hall–Kier alpha value is -2.08. The first-order valence-corrected chi connectivity index (χ1v) is 10.2. The molecule has 0 saturated heterocycles. The van der Waals surface area contributed by atoms with E-state index in [9.17, 15) is 13.2 Å². The molecule has 1 aromatic carbocycles. The SMILES string of the molecule is CCCCCC(C)NC(=O)c1ccc(CS(=O)(=O)c2ccccc2)o1. The molecular weight excluding hydrogens is 338 g/mol. The number of unbranched alkanes of at least 4 members (excludes halogenated alkanes) is 2. The van der Waals surface area contributed by atoms with Gasteiger partial charge in [-0.2, -0.15) is 0 Å². The van der Waals surface area contributed by atoms with Crippen molar-refractivity contribution in [2.24, 2.45) is 0 Å². The van der Waals surface area contributed by atoms with Gasteiger partial charge < -0.3 is 9.73 Å². The van der Waals surface area contributed by atoms with Gasteiger partial charge in [0, 0.05) is 6.04 Å². The summed E-state index contributed by atoms with van der Waals surface area (Å²) in [4.78, 5) is 12.4. The molecule has 2 aromatic rings. The highest BCUT2D eigenvalue weighted by Crippen LogP contribution is 2.18. The summed E-state index contributed by atoms with van der Waals surface area (Å²) < 4.78 is 30.1. The fourth-order valence-corrected chi connectivity index (χ4v) is 3.81. The van der Waals surface area contributed by atoms with Crippen molar-refractivity contribution in [2.45, 2.75) is 56.2 Å². The first kappa shape index (κ1) is 19.2. The van der Waals surface area contributed by atoms with E-state index in [4.69, 9.17) is 4.42 Å². The zero-order valence-electron chi connectivity index (χ0n) is 14.7. The minimum absolute atomic E-state index is 0.0562. The average molecular weight is 363 g/mol. The van der Waals surface area contributed by atoms with E-state index in [2.05, 4.69) is 12.2 Å². The van der Waals surface area contributed by atoms with Crippen LogP contribution in [0.25, 0.3) is 0 Å². The number of hydrogen-bond acceptors (Lipinski definition) is 4. The first-order valence-electron chi connectivity index (χ1n) is 8.59. The maximum atomic E-state index is 12.3. The van der Waals surface area contributed by atoms with Crippen LogP contribution in [0.5, 0.6) is 0 Å². The molecule has 6 heteroatoms. The van der Waals surface area contributed by atoms with Gasteiger partial charge in [0.1, 0.15) is 11.5 Å². The highest BCUT2D eigenvalue weighted by Gasteiger charge is 2.19. The van der Waals surface area contributed by atoms with Crippen molar-refractivity contribution >= 4 is 15.7 Å². The van der Waals surface area contributed by atoms with Gasteiger partial charge in [-0.1, -0.05) is 44.4 Å². The van der Waals surface area contributed by atoms with E-state index < -0.39 is 9.84 Å². The Labute approximate surface area is 149 Å². The van der Waals surface area contributed by atoms with Gasteiger partial charge in [-0.25, -0.2) is 8.42 Å². The highest BCUT2D eigenvalue weighted by atomic mass is 32.2. The normalized spacial score (nSPS) is 12.7. The van der Waals surface area contributed by atoms with Crippen molar-refractivity contribution in [3.05, 3.63) is 54.0 Å². The van der Waals surface area contributed by atoms with Gasteiger partial charge in [-0.05, 0) is 37.6 Å². The van der Waals surface area contributed by atoms with Crippen LogP contribution in [0.1, 0.15) is 55.8 Å². The summed E-state index contributed by atoms with van der Waals surface area (Å²) in [5.41, 5.74) is 0. The third-order valence-corrected chi connectivity index (χ3v) is 5.59. The maximum absolute atomic E-state index is 12.3. The molecule has 0 aliphatic heterocycles. The van der Waals surface area contributed by atoms with Gasteiger partial charge in [0.2, 0.25) is 0 Å². The number of benzene rings is 1. The lowest BCUT2D eigenvalue weighted by Gasteiger charge is -2.12. The van der Waals surface area contributed by atoms with E-state index in [-0.39, 0.29) is 34.1 Å². The van der Waals surface area contributed by atoms with Crippen LogP contribution >= 0.6 is 0 Å². The van der Waals surface area contributed by atoms with Gasteiger partial charge in [0.15, 0.2) is 15.6 Å². The largest absolute Gasteiger partial charge is 0.455 e. The Morgan fingerprint density at radius 2 is 1.84 bits per heavy atom. The summed E-state index contributed by atoms with van der Waals surface area (Å²) >= 11 is 0. The smallest absolute Gasteiger partial charge is 0.287 e. The molecule has 0 bridgehead atoms. The molecule has 1 aromatic heterocycles. The van der Waals surface area contributed by atoms with Crippen LogP contribution < -0.4 is 5.32 Å². The lowest BCUT2D eigenvalue weighted by atomic mass is 10.1. The number of furan rings is 1. The number of carbonyl (C=O) groups is 1. The molecule has 0 radical (unpaired) electrons. The Morgan fingerprint density at radius 1 is 1.12 bits per heavy atom. The first-order chi connectivity index (χ1) is 11.9. The second-order valence-corrected chi connectivity index (χ2v) is 8.20. The Balaban J connectivity index is 1.96. The summed E-state index contributed by atoms with van der Waals surface area (Å²) in [6, 6.07) is 11.3. The molecule has 0 aliphatic rings. The Bertz CT molecular complexity index is 781. The van der Waals surface area contributed by atoms with Crippen LogP contribution in [0.2, 0.25) is 0 Å². The van der Waals surface area contributed by atoms with E-state index in [0.717, 1.165) is 25.7 Å². The van der Waals surface area contributed by atoms with E-state index in [0.29, 0.717) is 0 Å². The quantitative estimate of drug-likeness (QED) is 0.684. The topological polar surface area (TPSA) is 76.4 Å². The van der Waals surface area contributed by atoms with Crippen molar-refractivity contribution in [1.29, 1.82) is 0 Å². The minimum Gasteiger partial charge on any atom is -0.455 e. The molecule has 25 heavy (non-hydrogen) atoms. The molecule has 1 heterocycles. The zero-order chi connectivity index (χ0) is 18.3. The number of sulfone groups is 1. The van der Waals surface area contributed by atoms with Crippen LogP contribution in [0, 0.1) is 0 Å². The van der Waals surface area contributed by atoms with Crippen LogP contribution in [0.15, 0.2) is 51.8 Å². The molecule has 5 nitrogen and oxygen atoms in total. The number of amides is 1. The number of carbonyl (C=O) groups excluding carboxylic acids is 1. The summed E-state index contributed by atoms with van der Waals surface area (Å²) in [6.45, 7) is 4.09. The third kappa shape index (κ3) is 5.74. The van der Waals surface area contributed by atoms with E-state index in [1.807, 2.05) is 6.92 Å². The molecule has 2 rings (SSSR count). The van der Waals surface area contributed by atoms with Crippen LogP contribution in [0.3, 0.4) is 0 Å². The van der Waals surface area contributed by atoms with Crippen molar-refractivity contribution < 1.29 is 17.6 Å². The van der Waals surface area contributed by atoms with Gasteiger partial charge in [-0.15, -0.1) is 0 Å². The zero-order valence-corrected chi connectivity index (χ0v) is 15.5. The minimum atomic E-state index is -3.49. The summed E-state index contributed by atoms with van der Waals surface area (Å²) in [7, 11) is -3.49. The maximum Gasteiger partial charge on any atom is 0.287 e. The highest BCUT2D eigenvalue weighted by molar-refractivity contribution is 7.90. The molecule has 1 atom stereocenters. The molecule has 0 spiro atoms. The standard InChI is InChI=1S/C19H25NO4S/c1-3-4-6-9-15(2)20-19(21)18-13-12-16(24-18)14-25(22,23)17-10-7-5-8-11-17/h5,7-8,10-13,15H,3-4,6,9,14H2,1-2H3,(H,20,21). The van der Waals surface area contributed by atoms with E-state index >= 15 is 0 Å². The summed E-state index contributed by atoms with van der Waals surface area (Å²) in [5, 5.41) is 2.88. The van der Waals surface area contributed by atoms with Gasteiger partial charge in [0.05, 0.1) is 4.90 Å². The monoisotopic (exact) mass is 363 g/mol. The Morgan fingerprint density at radius 3 is 2.52 bits per heavy atom. The molecule has 0 fully saturated rings. The number of rotatable bonds is 9. The van der Waals surface area contributed by atoms with Crippen molar-refractivity contribution in [3.63, 3.8) is 0 Å². The van der Waals surface area contributed by atoms with Crippen molar-refractivity contribution in [2.75, 3.05) is 0 Å². The fraction of sp³-hybridized carbons (Fsp3) is 0.421. The molecule has 0 aliphatic carbocycles. The van der Waals surface area contributed by atoms with Gasteiger partial charge in [0.25, 0.3) is 5.91 Å². The predicted octanol–water partition coefficient (Wildman–Crippen LogP) is 3.95.